The highest BCUT2D eigenvalue weighted by molar-refractivity contribution is 7.45. The number of carbonyl (C=O) groups is 1. The molecule has 3 atom stereocenters. The second kappa shape index (κ2) is 56.7. The van der Waals surface area contributed by atoms with Crippen molar-refractivity contribution in [2.75, 3.05) is 40.9 Å². The van der Waals surface area contributed by atoms with Gasteiger partial charge in [0.15, 0.2) is 0 Å². The van der Waals surface area contributed by atoms with Gasteiger partial charge in [-0.25, -0.2) is 0 Å². The van der Waals surface area contributed by atoms with Crippen molar-refractivity contribution in [1.29, 1.82) is 0 Å². The fourth-order valence-corrected chi connectivity index (χ4v) is 9.86. The molecular weight excluding hydrogens is 948 g/mol. The largest absolute Gasteiger partial charge is 0.756 e. The summed E-state index contributed by atoms with van der Waals surface area (Å²) < 4.78 is 23.4. The average Bonchev–Trinajstić information content (AvgIpc) is 3.37. The summed E-state index contributed by atoms with van der Waals surface area (Å²) in [5.74, 6) is -0.209. The zero-order valence-electron chi connectivity index (χ0n) is 50.0. The summed E-state index contributed by atoms with van der Waals surface area (Å²) in [7, 11) is 1.24. The molecule has 75 heavy (non-hydrogen) atoms. The normalized spacial score (nSPS) is 14.3. The lowest BCUT2D eigenvalue weighted by atomic mass is 10.0. The van der Waals surface area contributed by atoms with Crippen molar-refractivity contribution in [2.45, 2.75) is 302 Å². The van der Waals surface area contributed by atoms with E-state index in [4.69, 9.17) is 9.05 Å². The van der Waals surface area contributed by atoms with Gasteiger partial charge in [-0.05, 0) is 83.5 Å². The summed E-state index contributed by atoms with van der Waals surface area (Å²) in [6.07, 6.45) is 78.6. The number of hydrogen-bond donors (Lipinski definition) is 2. The van der Waals surface area contributed by atoms with Crippen molar-refractivity contribution in [3.8, 4) is 0 Å². The standard InChI is InChI=1S/C66H123N2O6P/c1-6-8-10-12-14-16-18-20-22-24-26-28-29-30-31-32-33-34-35-36-37-38-39-40-42-44-46-48-50-52-54-56-58-60-66(70)67-64(63-74-75(71,72)73-62-61-68(3,4)5)65(69)59-57-55-53-51-49-47-45-43-41-27-25-23-21-19-17-15-13-11-9-7-2/h18,20,24,26,29-30,41,43,49,51,57,59,64-65,69H,6-17,19,21-23,25,27-28,31-40,42,44-48,50,52-56,58,60-63H2,1-5H3,(H-,67,70,71,72)/b20-18-,26-24-,30-29-,43-41+,51-49+,59-57+. The Bertz CT molecular complexity index is 1450. The van der Waals surface area contributed by atoms with Crippen LogP contribution in [0, 0.1) is 0 Å². The molecule has 438 valence electrons. The number of nitrogens with one attached hydrogen (secondary N) is 1. The molecule has 0 saturated heterocycles. The van der Waals surface area contributed by atoms with Crippen LogP contribution in [0.2, 0.25) is 0 Å². The third kappa shape index (κ3) is 59.4. The van der Waals surface area contributed by atoms with Gasteiger partial charge in [-0.15, -0.1) is 0 Å². The number of amides is 1. The minimum Gasteiger partial charge on any atom is -0.756 e. The van der Waals surface area contributed by atoms with Crippen LogP contribution in [0.1, 0.15) is 290 Å². The number of phosphoric acid groups is 1. The Morgan fingerprint density at radius 3 is 1.17 bits per heavy atom. The van der Waals surface area contributed by atoms with E-state index in [0.29, 0.717) is 17.4 Å². The molecule has 0 rings (SSSR count). The number of phosphoric ester groups is 1. The number of carbonyl (C=O) groups excluding carboxylic acids is 1. The van der Waals surface area contributed by atoms with Gasteiger partial charge >= 0.3 is 0 Å². The molecule has 0 aromatic heterocycles. The number of unbranched alkanes of at least 4 members (excludes halogenated alkanes) is 35. The van der Waals surface area contributed by atoms with E-state index in [2.05, 4.69) is 79.9 Å². The first-order chi connectivity index (χ1) is 36.5. The summed E-state index contributed by atoms with van der Waals surface area (Å²) in [5.41, 5.74) is 0. The first-order valence-electron chi connectivity index (χ1n) is 31.8. The van der Waals surface area contributed by atoms with Gasteiger partial charge in [-0.1, -0.05) is 273 Å². The molecule has 0 heterocycles. The Labute approximate surface area is 465 Å². The van der Waals surface area contributed by atoms with Crippen LogP contribution in [-0.2, 0) is 18.4 Å². The number of quaternary nitrogens is 1. The Balaban J connectivity index is 4.13. The highest BCUT2D eigenvalue weighted by Gasteiger charge is 2.23. The molecule has 0 radical (unpaired) electrons. The molecule has 0 aliphatic rings. The summed E-state index contributed by atoms with van der Waals surface area (Å²) >= 11 is 0. The Morgan fingerprint density at radius 2 is 0.787 bits per heavy atom. The molecule has 0 bridgehead atoms. The lowest BCUT2D eigenvalue weighted by Gasteiger charge is -2.29. The molecule has 3 unspecified atom stereocenters. The van der Waals surface area contributed by atoms with Crippen LogP contribution in [0.3, 0.4) is 0 Å². The van der Waals surface area contributed by atoms with Crippen molar-refractivity contribution in [3.05, 3.63) is 72.9 Å². The van der Waals surface area contributed by atoms with Gasteiger partial charge in [-0.2, -0.15) is 0 Å². The summed E-state index contributed by atoms with van der Waals surface area (Å²) in [5, 5.41) is 13.9. The highest BCUT2D eigenvalue weighted by Crippen LogP contribution is 2.38. The zero-order chi connectivity index (χ0) is 54.9. The molecule has 0 spiro atoms. The van der Waals surface area contributed by atoms with Crippen LogP contribution in [0.4, 0.5) is 0 Å². The molecule has 1 amide bonds. The maximum Gasteiger partial charge on any atom is 0.268 e. The van der Waals surface area contributed by atoms with E-state index in [9.17, 15) is 19.4 Å². The van der Waals surface area contributed by atoms with Gasteiger partial charge in [0.05, 0.1) is 39.9 Å². The first-order valence-corrected chi connectivity index (χ1v) is 33.3. The predicted molar refractivity (Wildman–Crippen MR) is 325 cm³/mol. The molecule has 0 saturated carbocycles. The van der Waals surface area contributed by atoms with Crippen LogP contribution in [0.15, 0.2) is 72.9 Å². The van der Waals surface area contributed by atoms with Crippen molar-refractivity contribution in [1.82, 2.24) is 5.32 Å². The topological polar surface area (TPSA) is 108 Å². The molecular formula is C66H123N2O6P. The maximum atomic E-state index is 13.0. The average molecular weight is 1070 g/mol. The molecule has 0 aliphatic carbocycles. The molecule has 0 aromatic rings. The van der Waals surface area contributed by atoms with Gasteiger partial charge < -0.3 is 28.8 Å². The van der Waals surface area contributed by atoms with Crippen LogP contribution < -0.4 is 10.2 Å². The zero-order valence-corrected chi connectivity index (χ0v) is 50.9. The third-order valence-electron chi connectivity index (χ3n) is 14.1. The van der Waals surface area contributed by atoms with Crippen LogP contribution >= 0.6 is 7.82 Å². The van der Waals surface area contributed by atoms with E-state index in [1.807, 2.05) is 27.2 Å². The number of hydrogen-bond acceptors (Lipinski definition) is 6. The minimum atomic E-state index is -4.61. The van der Waals surface area contributed by atoms with Crippen molar-refractivity contribution in [2.24, 2.45) is 0 Å². The van der Waals surface area contributed by atoms with Gasteiger partial charge in [0, 0.05) is 6.42 Å². The molecule has 0 fully saturated rings. The molecule has 9 heteroatoms. The molecule has 0 aliphatic heterocycles. The van der Waals surface area contributed by atoms with Crippen molar-refractivity contribution in [3.63, 3.8) is 0 Å². The maximum absolute atomic E-state index is 13.0. The number of likely N-dealkylation sites (N-methyl/N-ethyl adjacent to an activating group) is 1. The van der Waals surface area contributed by atoms with E-state index in [1.165, 1.54) is 212 Å². The fourth-order valence-electron chi connectivity index (χ4n) is 9.14. The Kier molecular flexibility index (Phi) is 55.1. The minimum absolute atomic E-state index is 0.0101. The van der Waals surface area contributed by atoms with E-state index in [0.717, 1.165) is 57.8 Å². The van der Waals surface area contributed by atoms with Crippen LogP contribution in [-0.4, -0.2) is 68.5 Å². The van der Waals surface area contributed by atoms with E-state index in [-0.39, 0.29) is 12.5 Å². The second-order valence-corrected chi connectivity index (χ2v) is 24.2. The van der Waals surface area contributed by atoms with E-state index < -0.39 is 26.6 Å². The van der Waals surface area contributed by atoms with E-state index >= 15 is 0 Å². The predicted octanol–water partition coefficient (Wildman–Crippen LogP) is 19.2. The quantitative estimate of drug-likeness (QED) is 0.0272. The number of nitrogens with zero attached hydrogens (tertiary/aromatic N) is 1. The summed E-state index contributed by atoms with van der Waals surface area (Å²) in [6.45, 7) is 4.63. The summed E-state index contributed by atoms with van der Waals surface area (Å²) in [4.78, 5) is 25.5. The summed E-state index contributed by atoms with van der Waals surface area (Å²) in [6, 6.07) is -0.913. The Morgan fingerprint density at radius 1 is 0.467 bits per heavy atom. The Hall–Kier alpha value is -2.06. The monoisotopic (exact) mass is 1070 g/mol. The number of rotatable bonds is 58. The molecule has 8 nitrogen and oxygen atoms in total. The van der Waals surface area contributed by atoms with Gasteiger partial charge in [0.25, 0.3) is 7.82 Å². The van der Waals surface area contributed by atoms with Gasteiger partial charge in [0.2, 0.25) is 5.91 Å². The van der Waals surface area contributed by atoms with Crippen molar-refractivity contribution >= 4 is 13.7 Å². The number of allylic oxidation sites excluding steroid dienone is 11. The second-order valence-electron chi connectivity index (χ2n) is 22.7. The van der Waals surface area contributed by atoms with Gasteiger partial charge in [-0.3, -0.25) is 9.36 Å². The third-order valence-corrected chi connectivity index (χ3v) is 15.1. The molecule has 2 N–H and O–H groups in total. The van der Waals surface area contributed by atoms with E-state index in [1.54, 1.807) is 6.08 Å². The van der Waals surface area contributed by atoms with Crippen LogP contribution in [0.5, 0.6) is 0 Å². The number of aliphatic hydroxyl groups excluding tert-OH is 1. The lowest BCUT2D eigenvalue weighted by molar-refractivity contribution is -0.870. The fraction of sp³-hybridized carbons (Fsp3) is 0.803. The number of aliphatic hydroxyl groups is 1. The van der Waals surface area contributed by atoms with Crippen LogP contribution in [0.25, 0.3) is 0 Å². The highest BCUT2D eigenvalue weighted by atomic mass is 31.2. The lowest BCUT2D eigenvalue weighted by Crippen LogP contribution is -2.45. The first kappa shape index (κ1) is 72.9. The SMILES string of the molecule is CCCCCCC/C=C\C/C=C\C/C=C\CCCCCCCCCCCCCCCCCCCCC(=O)NC(COP(=O)([O-])OCC[N+](C)(C)C)C(O)/C=C/CC/C=C/CC/C=C/CCCCCCCCCCCC. The molecule has 0 aromatic carbocycles. The smallest absolute Gasteiger partial charge is 0.268 e. The van der Waals surface area contributed by atoms with Crippen molar-refractivity contribution < 1.29 is 32.9 Å². The van der Waals surface area contributed by atoms with Gasteiger partial charge in [0.1, 0.15) is 13.2 Å².